The van der Waals surface area contributed by atoms with Gasteiger partial charge in [-0.1, -0.05) is 55.0 Å². The molecule has 0 saturated carbocycles. The van der Waals surface area contributed by atoms with Crippen molar-refractivity contribution in [2.45, 2.75) is 59.1 Å². The van der Waals surface area contributed by atoms with Crippen LogP contribution in [0.25, 0.3) is 17.0 Å². The Labute approximate surface area is 190 Å². The van der Waals surface area contributed by atoms with E-state index in [1.807, 2.05) is 39.1 Å². The third kappa shape index (κ3) is 4.85. The van der Waals surface area contributed by atoms with E-state index in [2.05, 4.69) is 61.6 Å². The Balaban J connectivity index is 1.69. The lowest BCUT2D eigenvalue weighted by Crippen LogP contribution is -2.39. The van der Waals surface area contributed by atoms with E-state index in [9.17, 15) is 4.79 Å². The molecular weight excluding hydrogens is 396 g/mol. The zero-order valence-corrected chi connectivity index (χ0v) is 19.6. The van der Waals surface area contributed by atoms with Crippen LogP contribution in [0.4, 0.5) is 4.79 Å². The first-order valence-electron chi connectivity index (χ1n) is 11.4. The van der Waals surface area contributed by atoms with Crippen LogP contribution in [0.2, 0.25) is 0 Å². The number of nitrogens with zero attached hydrogens (tertiary/aromatic N) is 1. The lowest BCUT2D eigenvalue weighted by atomic mass is 9.81. The van der Waals surface area contributed by atoms with Gasteiger partial charge in [0.05, 0.1) is 11.6 Å². The standard InChI is InChI=1S/C28H32N2O2/c1-6-19-15-22-13-18(2)14-23(25(22)29-17-19)16-21-12-11-20-9-7-8-10-24(20)26(21)30-27(31)32-28(3,4)5/h7-15,17,21,26H,6,16H2,1-5H3,(H,30,31)/t21-,26+/m1/s1. The number of fused-ring (bicyclic) bond motifs is 2. The predicted octanol–water partition coefficient (Wildman–Crippen LogP) is 6.56. The molecule has 4 heteroatoms. The van der Waals surface area contributed by atoms with E-state index in [1.165, 1.54) is 22.1 Å². The molecule has 1 aliphatic carbocycles. The van der Waals surface area contributed by atoms with Gasteiger partial charge in [-0.25, -0.2) is 4.79 Å². The minimum Gasteiger partial charge on any atom is -0.444 e. The van der Waals surface area contributed by atoms with Gasteiger partial charge < -0.3 is 10.1 Å². The fourth-order valence-electron chi connectivity index (χ4n) is 4.46. The van der Waals surface area contributed by atoms with Crippen LogP contribution >= 0.6 is 0 Å². The molecule has 0 spiro atoms. The van der Waals surface area contributed by atoms with Crippen molar-refractivity contribution in [3.8, 4) is 0 Å². The molecule has 3 aromatic rings. The third-order valence-electron chi connectivity index (χ3n) is 5.88. The van der Waals surface area contributed by atoms with Gasteiger partial charge in [0.2, 0.25) is 0 Å². The number of hydrogen-bond acceptors (Lipinski definition) is 3. The van der Waals surface area contributed by atoms with Gasteiger partial charge >= 0.3 is 6.09 Å². The molecule has 0 radical (unpaired) electrons. The average molecular weight is 429 g/mol. The highest BCUT2D eigenvalue weighted by molar-refractivity contribution is 5.83. The van der Waals surface area contributed by atoms with E-state index in [0.29, 0.717) is 0 Å². The van der Waals surface area contributed by atoms with Crippen molar-refractivity contribution in [1.29, 1.82) is 0 Å². The van der Waals surface area contributed by atoms with Crippen LogP contribution < -0.4 is 5.32 Å². The minimum atomic E-state index is -0.544. The first-order chi connectivity index (χ1) is 15.2. The maximum absolute atomic E-state index is 12.7. The first-order valence-corrected chi connectivity index (χ1v) is 11.4. The number of hydrogen-bond donors (Lipinski definition) is 1. The molecule has 0 fully saturated rings. The fraction of sp³-hybridized carbons (Fsp3) is 0.357. The summed E-state index contributed by atoms with van der Waals surface area (Å²) in [6, 6.07) is 14.7. The summed E-state index contributed by atoms with van der Waals surface area (Å²) in [5.74, 6) is 0.0927. The van der Waals surface area contributed by atoms with Crippen LogP contribution in [-0.4, -0.2) is 16.7 Å². The number of nitrogens with one attached hydrogen (secondary N) is 1. The molecule has 1 N–H and O–H groups in total. The van der Waals surface area contributed by atoms with E-state index in [-0.39, 0.29) is 12.0 Å². The summed E-state index contributed by atoms with van der Waals surface area (Å²) in [5, 5.41) is 4.33. The molecule has 1 aromatic heterocycles. The van der Waals surface area contributed by atoms with Crippen LogP contribution in [-0.2, 0) is 17.6 Å². The number of carbonyl (C=O) groups is 1. The van der Waals surface area contributed by atoms with Crippen molar-refractivity contribution in [2.75, 3.05) is 0 Å². The van der Waals surface area contributed by atoms with Crippen molar-refractivity contribution in [1.82, 2.24) is 10.3 Å². The fourth-order valence-corrected chi connectivity index (χ4v) is 4.46. The molecule has 2 aromatic carbocycles. The summed E-state index contributed by atoms with van der Waals surface area (Å²) >= 11 is 0. The number of amides is 1. The van der Waals surface area contributed by atoms with E-state index >= 15 is 0 Å². The van der Waals surface area contributed by atoms with Crippen molar-refractivity contribution >= 4 is 23.1 Å². The Hall–Kier alpha value is -3.14. The summed E-state index contributed by atoms with van der Waals surface area (Å²) in [6.07, 6.45) is 7.70. The highest BCUT2D eigenvalue weighted by Gasteiger charge is 2.30. The minimum absolute atomic E-state index is 0.0927. The molecule has 32 heavy (non-hydrogen) atoms. The smallest absolute Gasteiger partial charge is 0.408 e. The second kappa shape index (κ2) is 8.78. The zero-order valence-electron chi connectivity index (χ0n) is 19.6. The Kier molecular flexibility index (Phi) is 6.05. The summed E-state index contributed by atoms with van der Waals surface area (Å²) in [4.78, 5) is 17.5. The highest BCUT2D eigenvalue weighted by atomic mass is 16.6. The monoisotopic (exact) mass is 428 g/mol. The van der Waals surface area contributed by atoms with E-state index in [0.717, 1.165) is 29.5 Å². The molecule has 0 bridgehead atoms. The lowest BCUT2D eigenvalue weighted by Gasteiger charge is -2.32. The van der Waals surface area contributed by atoms with Crippen LogP contribution in [0.15, 0.2) is 54.7 Å². The summed E-state index contributed by atoms with van der Waals surface area (Å²) in [7, 11) is 0. The number of pyridine rings is 1. The van der Waals surface area contributed by atoms with Crippen LogP contribution in [0.3, 0.4) is 0 Å². The molecule has 0 unspecified atom stereocenters. The second-order valence-corrected chi connectivity index (χ2v) is 9.67. The van der Waals surface area contributed by atoms with Gasteiger partial charge in [0.25, 0.3) is 0 Å². The number of aromatic nitrogens is 1. The third-order valence-corrected chi connectivity index (χ3v) is 5.88. The van der Waals surface area contributed by atoms with E-state index in [1.54, 1.807) is 0 Å². The molecule has 4 nitrogen and oxygen atoms in total. The van der Waals surface area contributed by atoms with Crippen molar-refractivity contribution < 1.29 is 9.53 Å². The predicted molar refractivity (Wildman–Crippen MR) is 131 cm³/mol. The van der Waals surface area contributed by atoms with Gasteiger partial charge in [0.15, 0.2) is 0 Å². The molecule has 1 aliphatic rings. The van der Waals surface area contributed by atoms with Crippen LogP contribution in [0.5, 0.6) is 0 Å². The van der Waals surface area contributed by atoms with Gasteiger partial charge in [-0.3, -0.25) is 4.98 Å². The topological polar surface area (TPSA) is 51.2 Å². The van der Waals surface area contributed by atoms with Gasteiger partial charge in [-0.05, 0) is 74.9 Å². The van der Waals surface area contributed by atoms with Crippen LogP contribution in [0, 0.1) is 12.8 Å². The van der Waals surface area contributed by atoms with Crippen molar-refractivity contribution in [2.24, 2.45) is 5.92 Å². The molecular formula is C28H32N2O2. The van der Waals surface area contributed by atoms with Gasteiger partial charge in [-0.15, -0.1) is 0 Å². The van der Waals surface area contributed by atoms with E-state index in [4.69, 9.17) is 9.72 Å². The van der Waals surface area contributed by atoms with Crippen LogP contribution in [0.1, 0.15) is 61.6 Å². The molecule has 1 heterocycles. The molecule has 0 aliphatic heterocycles. The summed E-state index contributed by atoms with van der Waals surface area (Å²) < 4.78 is 5.58. The molecule has 4 rings (SSSR count). The average Bonchev–Trinajstić information content (AvgIpc) is 2.73. The molecule has 166 valence electrons. The van der Waals surface area contributed by atoms with E-state index < -0.39 is 11.7 Å². The summed E-state index contributed by atoms with van der Waals surface area (Å²) in [5.41, 5.74) is 6.40. The molecule has 2 atom stereocenters. The molecule has 1 amide bonds. The Morgan fingerprint density at radius 3 is 2.69 bits per heavy atom. The number of carbonyl (C=O) groups excluding carboxylic acids is 1. The second-order valence-electron chi connectivity index (χ2n) is 9.67. The van der Waals surface area contributed by atoms with Gasteiger partial charge in [0.1, 0.15) is 5.60 Å². The quantitative estimate of drug-likeness (QED) is 0.512. The Morgan fingerprint density at radius 1 is 1.16 bits per heavy atom. The van der Waals surface area contributed by atoms with Crippen molar-refractivity contribution in [3.63, 3.8) is 0 Å². The van der Waals surface area contributed by atoms with Gasteiger partial charge in [-0.2, -0.15) is 0 Å². The highest BCUT2D eigenvalue weighted by Crippen LogP contribution is 2.36. The normalized spacial score (nSPS) is 17.8. The first kappa shape index (κ1) is 22.1. The molecule has 0 saturated heterocycles. The Bertz CT molecular complexity index is 1170. The summed E-state index contributed by atoms with van der Waals surface area (Å²) in [6.45, 7) is 9.93. The Morgan fingerprint density at radius 2 is 1.94 bits per heavy atom. The van der Waals surface area contributed by atoms with Gasteiger partial charge in [0, 0.05) is 17.5 Å². The maximum Gasteiger partial charge on any atom is 0.408 e. The van der Waals surface area contributed by atoms with Crippen molar-refractivity contribution in [3.05, 3.63) is 82.6 Å². The number of alkyl carbamates (subject to hydrolysis) is 1. The lowest BCUT2D eigenvalue weighted by molar-refractivity contribution is 0.0491. The number of benzene rings is 2. The number of rotatable bonds is 4. The maximum atomic E-state index is 12.7. The number of aryl methyl sites for hydroxylation is 2. The zero-order chi connectivity index (χ0) is 22.9. The number of ether oxygens (including phenoxy) is 1. The largest absolute Gasteiger partial charge is 0.444 e. The SMILES string of the molecule is CCc1cnc2c(C[C@H]3C=Cc4ccccc4[C@H]3NC(=O)OC(C)(C)C)cc(C)cc2c1.